The zero-order valence-corrected chi connectivity index (χ0v) is 14.7. The molecule has 2 aromatic carbocycles. The molecule has 0 aliphatic carbocycles. The number of nitrogens with one attached hydrogen (secondary N) is 1. The monoisotopic (exact) mass is 345 g/mol. The second kappa shape index (κ2) is 7.97. The van der Waals surface area contributed by atoms with Gasteiger partial charge in [-0.25, -0.2) is 0 Å². The fourth-order valence-electron chi connectivity index (χ4n) is 2.18. The van der Waals surface area contributed by atoms with Crippen LogP contribution in [0.25, 0.3) is 0 Å². The minimum Gasteiger partial charge on any atom is -0.452 e. The molecule has 0 unspecified atom stereocenters. The lowest BCUT2D eigenvalue weighted by atomic mass is 10.0. The van der Waals surface area contributed by atoms with Crippen LogP contribution in [-0.4, -0.2) is 18.0 Å². The van der Waals surface area contributed by atoms with Crippen molar-refractivity contribution in [3.05, 3.63) is 64.2 Å². The molecule has 0 radical (unpaired) electrons. The third-order valence-corrected chi connectivity index (χ3v) is 3.92. The fourth-order valence-corrected chi connectivity index (χ4v) is 2.37. The molecule has 0 saturated heterocycles. The Hall–Kier alpha value is -2.33. The lowest BCUT2D eigenvalue weighted by Crippen LogP contribution is -2.30. The summed E-state index contributed by atoms with van der Waals surface area (Å²) in [5.74, 6) is -0.835. The third kappa shape index (κ3) is 5.10. The molecule has 0 heterocycles. The van der Waals surface area contributed by atoms with Gasteiger partial charge in [0.15, 0.2) is 6.10 Å². The molecule has 0 spiro atoms. The van der Waals surface area contributed by atoms with E-state index in [1.807, 2.05) is 32.0 Å². The molecule has 1 N–H and O–H groups in total. The second-order valence-electron chi connectivity index (χ2n) is 5.73. The first-order valence-electron chi connectivity index (χ1n) is 7.67. The minimum absolute atomic E-state index is 0.135. The van der Waals surface area contributed by atoms with Crippen LogP contribution in [0, 0.1) is 13.8 Å². The van der Waals surface area contributed by atoms with Gasteiger partial charge in [0.1, 0.15) is 0 Å². The highest BCUT2D eigenvalue weighted by molar-refractivity contribution is 6.30. The summed E-state index contributed by atoms with van der Waals surface area (Å²) in [5, 5.41) is 3.19. The number of rotatable bonds is 5. The quantitative estimate of drug-likeness (QED) is 0.831. The Morgan fingerprint density at radius 2 is 1.88 bits per heavy atom. The van der Waals surface area contributed by atoms with E-state index in [-0.39, 0.29) is 6.42 Å². The normalized spacial score (nSPS) is 11.7. The van der Waals surface area contributed by atoms with Gasteiger partial charge in [-0.15, -0.1) is 0 Å². The van der Waals surface area contributed by atoms with Crippen molar-refractivity contribution >= 4 is 29.2 Å². The first kappa shape index (κ1) is 18.0. The van der Waals surface area contributed by atoms with E-state index >= 15 is 0 Å². The van der Waals surface area contributed by atoms with Crippen LogP contribution in [0.4, 0.5) is 5.69 Å². The number of carbonyl (C=O) groups is 2. The summed E-state index contributed by atoms with van der Waals surface area (Å²) < 4.78 is 5.20. The zero-order chi connectivity index (χ0) is 17.7. The number of benzene rings is 2. The number of hydrogen-bond acceptors (Lipinski definition) is 3. The number of halogens is 1. The van der Waals surface area contributed by atoms with E-state index in [0.717, 1.165) is 11.1 Å². The predicted octanol–water partition coefficient (Wildman–Crippen LogP) is 4.07. The Morgan fingerprint density at radius 3 is 2.54 bits per heavy atom. The molecule has 126 valence electrons. The van der Waals surface area contributed by atoms with Crippen molar-refractivity contribution in [1.29, 1.82) is 0 Å². The molecule has 0 aromatic heterocycles. The van der Waals surface area contributed by atoms with Gasteiger partial charge < -0.3 is 10.1 Å². The Labute approximate surface area is 146 Å². The van der Waals surface area contributed by atoms with Gasteiger partial charge in [0.05, 0.1) is 6.42 Å². The van der Waals surface area contributed by atoms with Gasteiger partial charge in [0, 0.05) is 10.7 Å². The largest absolute Gasteiger partial charge is 0.452 e. The molecule has 0 fully saturated rings. The highest BCUT2D eigenvalue weighted by Gasteiger charge is 2.18. The van der Waals surface area contributed by atoms with Crippen molar-refractivity contribution in [2.24, 2.45) is 0 Å². The van der Waals surface area contributed by atoms with Crippen LogP contribution < -0.4 is 5.32 Å². The maximum absolute atomic E-state index is 12.1. The molecule has 24 heavy (non-hydrogen) atoms. The number of ether oxygens (including phenoxy) is 1. The lowest BCUT2D eigenvalue weighted by Gasteiger charge is -2.14. The Morgan fingerprint density at radius 1 is 1.12 bits per heavy atom. The van der Waals surface area contributed by atoms with E-state index in [0.29, 0.717) is 10.7 Å². The van der Waals surface area contributed by atoms with E-state index in [1.165, 1.54) is 12.5 Å². The van der Waals surface area contributed by atoms with E-state index < -0.39 is 18.0 Å². The Bertz CT molecular complexity index is 758. The summed E-state index contributed by atoms with van der Waals surface area (Å²) in [6.45, 7) is 5.54. The number of amides is 1. The molecule has 5 heteroatoms. The first-order chi connectivity index (χ1) is 11.3. The zero-order valence-electron chi connectivity index (χ0n) is 13.9. The molecule has 1 atom stereocenters. The van der Waals surface area contributed by atoms with Crippen molar-refractivity contribution < 1.29 is 14.3 Å². The van der Waals surface area contributed by atoms with Crippen LogP contribution >= 0.6 is 11.6 Å². The van der Waals surface area contributed by atoms with Crippen LogP contribution in [0.3, 0.4) is 0 Å². The maximum atomic E-state index is 12.1. The standard InChI is InChI=1S/C19H20ClNO3/c1-12-7-8-15(9-13(12)2)10-18(22)24-14(3)19(23)21-17-6-4-5-16(20)11-17/h4-9,11,14H,10H2,1-3H3,(H,21,23)/t14-/m1/s1. The molecule has 0 bridgehead atoms. The van der Waals surface area contributed by atoms with Gasteiger partial charge in [-0.05, 0) is 55.7 Å². The Balaban J connectivity index is 1.90. The van der Waals surface area contributed by atoms with Crippen molar-refractivity contribution in [3.8, 4) is 0 Å². The van der Waals surface area contributed by atoms with Gasteiger partial charge in [0.25, 0.3) is 5.91 Å². The SMILES string of the molecule is Cc1ccc(CC(=O)O[C@H](C)C(=O)Nc2cccc(Cl)c2)cc1C. The van der Waals surface area contributed by atoms with Crippen LogP contribution in [0.1, 0.15) is 23.6 Å². The van der Waals surface area contributed by atoms with Crippen molar-refractivity contribution in [1.82, 2.24) is 0 Å². The van der Waals surface area contributed by atoms with Gasteiger partial charge in [-0.3, -0.25) is 9.59 Å². The maximum Gasteiger partial charge on any atom is 0.311 e. The summed E-state index contributed by atoms with van der Waals surface area (Å²) in [5.41, 5.74) is 3.71. The number of carbonyl (C=O) groups excluding carboxylic acids is 2. The molecule has 0 saturated carbocycles. The highest BCUT2D eigenvalue weighted by Crippen LogP contribution is 2.15. The summed E-state index contributed by atoms with van der Waals surface area (Å²) in [6, 6.07) is 12.6. The number of hydrogen-bond donors (Lipinski definition) is 1. The summed E-state index contributed by atoms with van der Waals surface area (Å²) >= 11 is 5.87. The lowest BCUT2D eigenvalue weighted by molar-refractivity contribution is -0.152. The average molecular weight is 346 g/mol. The van der Waals surface area contributed by atoms with E-state index in [9.17, 15) is 9.59 Å². The first-order valence-corrected chi connectivity index (χ1v) is 8.05. The molecule has 4 nitrogen and oxygen atoms in total. The van der Waals surface area contributed by atoms with Crippen molar-refractivity contribution in [2.75, 3.05) is 5.32 Å². The Kier molecular flexibility index (Phi) is 5.99. The summed E-state index contributed by atoms with van der Waals surface area (Å²) in [4.78, 5) is 24.1. The predicted molar refractivity (Wildman–Crippen MR) is 95.3 cm³/mol. The molecule has 0 aliphatic heterocycles. The number of anilines is 1. The minimum atomic E-state index is -0.886. The molecule has 2 rings (SSSR count). The van der Waals surface area contributed by atoms with Gasteiger partial charge in [-0.2, -0.15) is 0 Å². The van der Waals surface area contributed by atoms with Crippen LogP contribution in [0.5, 0.6) is 0 Å². The number of esters is 1. The van der Waals surface area contributed by atoms with Crippen LogP contribution in [-0.2, 0) is 20.7 Å². The molecule has 0 aliphatic rings. The smallest absolute Gasteiger partial charge is 0.311 e. The highest BCUT2D eigenvalue weighted by atomic mass is 35.5. The third-order valence-electron chi connectivity index (χ3n) is 3.69. The molecular weight excluding hydrogens is 326 g/mol. The van der Waals surface area contributed by atoms with Crippen molar-refractivity contribution in [2.45, 2.75) is 33.3 Å². The van der Waals surface area contributed by atoms with Crippen LogP contribution in [0.15, 0.2) is 42.5 Å². The summed E-state index contributed by atoms with van der Waals surface area (Å²) in [7, 11) is 0. The average Bonchev–Trinajstić information content (AvgIpc) is 2.50. The van der Waals surface area contributed by atoms with E-state index in [2.05, 4.69) is 5.32 Å². The topological polar surface area (TPSA) is 55.4 Å². The van der Waals surface area contributed by atoms with Gasteiger partial charge >= 0.3 is 5.97 Å². The van der Waals surface area contributed by atoms with E-state index in [1.54, 1.807) is 24.3 Å². The van der Waals surface area contributed by atoms with Gasteiger partial charge in [-0.1, -0.05) is 35.9 Å². The molecule has 2 aromatic rings. The summed E-state index contributed by atoms with van der Waals surface area (Å²) in [6.07, 6.45) is -0.751. The second-order valence-corrected chi connectivity index (χ2v) is 6.16. The fraction of sp³-hybridized carbons (Fsp3) is 0.263. The molecule has 1 amide bonds. The van der Waals surface area contributed by atoms with Crippen LogP contribution in [0.2, 0.25) is 5.02 Å². The van der Waals surface area contributed by atoms with E-state index in [4.69, 9.17) is 16.3 Å². The molecular formula is C19H20ClNO3. The van der Waals surface area contributed by atoms with Gasteiger partial charge in [0.2, 0.25) is 0 Å². The van der Waals surface area contributed by atoms with Crippen molar-refractivity contribution in [3.63, 3.8) is 0 Å². The number of aryl methyl sites for hydroxylation is 2.